The van der Waals surface area contributed by atoms with Crippen molar-refractivity contribution in [2.75, 3.05) is 0 Å². The first kappa shape index (κ1) is 18.0. The molecule has 0 amide bonds. The number of halogens is 4. The van der Waals surface area contributed by atoms with E-state index in [9.17, 15) is 4.79 Å². The van der Waals surface area contributed by atoms with Gasteiger partial charge in [-0.1, -0.05) is 52.5 Å². The summed E-state index contributed by atoms with van der Waals surface area (Å²) in [5.74, 6) is -0.225. The number of aromatic nitrogens is 2. The Morgan fingerprint density at radius 3 is 2.24 bits per heavy atom. The van der Waals surface area contributed by atoms with E-state index in [-0.39, 0.29) is 10.9 Å². The summed E-state index contributed by atoms with van der Waals surface area (Å²) in [5, 5.41) is 1.77. The molecule has 0 aliphatic carbocycles. The van der Waals surface area contributed by atoms with Gasteiger partial charge in [0.1, 0.15) is 11.5 Å². The number of rotatable bonds is 4. The predicted molar refractivity (Wildman–Crippen MR) is 104 cm³/mol. The normalized spacial score (nSPS) is 11.6. The maximum Gasteiger partial charge on any atom is 0.209 e. The zero-order chi connectivity index (χ0) is 18.0. The van der Waals surface area contributed by atoms with Gasteiger partial charge in [-0.2, -0.15) is 0 Å². The van der Waals surface area contributed by atoms with Crippen LogP contribution in [-0.4, -0.2) is 15.3 Å². The molecular weight excluding hydrogens is 402 g/mol. The molecular formula is C18H10Cl4N2O. The van der Waals surface area contributed by atoms with Gasteiger partial charge in [-0.05, 0) is 48.0 Å². The average Bonchev–Trinajstić information content (AvgIpc) is 3.00. The van der Waals surface area contributed by atoms with E-state index >= 15 is 0 Å². The van der Waals surface area contributed by atoms with Gasteiger partial charge in [-0.3, -0.25) is 4.79 Å². The van der Waals surface area contributed by atoms with Gasteiger partial charge >= 0.3 is 0 Å². The van der Waals surface area contributed by atoms with E-state index in [2.05, 4.69) is 4.98 Å². The molecule has 3 aromatic rings. The molecule has 2 aromatic carbocycles. The zero-order valence-corrected chi connectivity index (χ0v) is 15.6. The van der Waals surface area contributed by atoms with Crippen LogP contribution in [0.15, 0.2) is 55.0 Å². The quantitative estimate of drug-likeness (QED) is 0.368. The second-order valence-electron chi connectivity index (χ2n) is 5.14. The van der Waals surface area contributed by atoms with Gasteiger partial charge in [-0.25, -0.2) is 4.98 Å². The lowest BCUT2D eigenvalue weighted by molar-refractivity contribution is 0.105. The minimum absolute atomic E-state index is 0.225. The van der Waals surface area contributed by atoms with Crippen molar-refractivity contribution in [1.82, 2.24) is 9.55 Å². The van der Waals surface area contributed by atoms with Gasteiger partial charge in [0.15, 0.2) is 0 Å². The number of benzene rings is 2. The fraction of sp³-hybridized carbons (Fsp3) is 0. The fourth-order valence-corrected chi connectivity index (χ4v) is 2.94. The molecule has 0 aliphatic rings. The number of allylic oxidation sites excluding steroid dienone is 1. The van der Waals surface area contributed by atoms with Crippen molar-refractivity contribution in [3.8, 4) is 0 Å². The van der Waals surface area contributed by atoms with Crippen molar-refractivity contribution >= 4 is 64.0 Å². The van der Waals surface area contributed by atoms with Crippen LogP contribution in [0.25, 0.3) is 11.8 Å². The summed E-state index contributed by atoms with van der Waals surface area (Å²) in [6.07, 6.45) is 4.67. The molecule has 3 rings (SSSR count). The van der Waals surface area contributed by atoms with E-state index in [1.54, 1.807) is 59.3 Å². The molecule has 0 spiro atoms. The van der Waals surface area contributed by atoms with Gasteiger partial charge in [0.2, 0.25) is 5.78 Å². The summed E-state index contributed by atoms with van der Waals surface area (Å²) in [5.41, 5.74) is 1.46. The summed E-state index contributed by atoms with van der Waals surface area (Å²) in [6, 6.07) is 11.7. The Balaban J connectivity index is 2.11. The summed E-state index contributed by atoms with van der Waals surface area (Å²) in [4.78, 5) is 16.9. The first-order valence-electron chi connectivity index (χ1n) is 7.11. The van der Waals surface area contributed by atoms with E-state index in [4.69, 9.17) is 46.4 Å². The highest BCUT2D eigenvalue weighted by molar-refractivity contribution is 6.36. The monoisotopic (exact) mass is 410 g/mol. The molecule has 126 valence electrons. The molecule has 0 saturated carbocycles. The lowest BCUT2D eigenvalue weighted by Crippen LogP contribution is -2.08. The third-order valence-electron chi connectivity index (χ3n) is 3.42. The number of carbonyl (C=O) groups excluding carboxylic acids is 1. The highest BCUT2D eigenvalue weighted by atomic mass is 35.5. The van der Waals surface area contributed by atoms with Crippen molar-refractivity contribution in [3.63, 3.8) is 0 Å². The Labute approximate surface area is 164 Å². The van der Waals surface area contributed by atoms with Crippen LogP contribution in [0.3, 0.4) is 0 Å². The predicted octanol–water partition coefficient (Wildman–Crippen LogP) is 6.38. The van der Waals surface area contributed by atoms with E-state index in [1.165, 1.54) is 6.33 Å². The molecule has 0 fully saturated rings. The zero-order valence-electron chi connectivity index (χ0n) is 12.6. The van der Waals surface area contributed by atoms with Crippen LogP contribution < -0.4 is 0 Å². The lowest BCUT2D eigenvalue weighted by atomic mass is 10.1. The van der Waals surface area contributed by atoms with Crippen LogP contribution in [0.4, 0.5) is 0 Å². The lowest BCUT2D eigenvalue weighted by Gasteiger charge is -2.09. The largest absolute Gasteiger partial charge is 0.301 e. The van der Waals surface area contributed by atoms with Crippen molar-refractivity contribution < 1.29 is 4.79 Å². The number of Topliss-reactive ketones (excluding diaryl/α,β-unsaturated/α-hetero) is 1. The second-order valence-corrected chi connectivity index (χ2v) is 6.80. The first-order chi connectivity index (χ1) is 11.9. The van der Waals surface area contributed by atoms with Gasteiger partial charge in [0, 0.05) is 26.8 Å². The summed E-state index contributed by atoms with van der Waals surface area (Å²) >= 11 is 24.0. The maximum atomic E-state index is 13.0. The van der Waals surface area contributed by atoms with Gasteiger partial charge in [0.25, 0.3) is 0 Å². The molecule has 0 unspecified atom stereocenters. The van der Waals surface area contributed by atoms with E-state index in [0.29, 0.717) is 31.9 Å². The standard InChI is InChI=1S/C18H10Cl4N2O/c19-13-4-1-11(2-5-13)18(25)16(24-9-17(22)23-10-24)7-12-3-6-14(20)8-15(12)21/h1-10H/b16-7-. The Hall–Kier alpha value is -1.78. The highest BCUT2D eigenvalue weighted by Gasteiger charge is 2.16. The molecule has 3 nitrogen and oxygen atoms in total. The third kappa shape index (κ3) is 4.25. The molecule has 1 aromatic heterocycles. The minimum Gasteiger partial charge on any atom is -0.301 e. The molecule has 0 bridgehead atoms. The van der Waals surface area contributed by atoms with Crippen molar-refractivity contribution in [3.05, 3.63) is 86.3 Å². The molecule has 25 heavy (non-hydrogen) atoms. The molecule has 7 heteroatoms. The number of nitrogens with zero attached hydrogens (tertiary/aromatic N) is 2. The highest BCUT2D eigenvalue weighted by Crippen LogP contribution is 2.26. The maximum absolute atomic E-state index is 13.0. The molecule has 0 atom stereocenters. The van der Waals surface area contributed by atoms with E-state index in [1.807, 2.05) is 0 Å². The number of ketones is 1. The Bertz CT molecular complexity index is 961. The van der Waals surface area contributed by atoms with Crippen LogP contribution in [0.2, 0.25) is 20.2 Å². The van der Waals surface area contributed by atoms with Crippen LogP contribution in [0.5, 0.6) is 0 Å². The van der Waals surface area contributed by atoms with Crippen LogP contribution in [-0.2, 0) is 0 Å². The third-order valence-corrected chi connectivity index (χ3v) is 4.43. The van der Waals surface area contributed by atoms with Crippen LogP contribution in [0.1, 0.15) is 15.9 Å². The smallest absolute Gasteiger partial charge is 0.209 e. The first-order valence-corrected chi connectivity index (χ1v) is 8.62. The summed E-state index contributed by atoms with van der Waals surface area (Å²) in [7, 11) is 0. The molecule has 1 heterocycles. The fourth-order valence-electron chi connectivity index (χ4n) is 2.20. The average molecular weight is 412 g/mol. The molecule has 0 N–H and O–H groups in total. The van der Waals surface area contributed by atoms with E-state index < -0.39 is 0 Å². The van der Waals surface area contributed by atoms with E-state index in [0.717, 1.165) is 0 Å². The van der Waals surface area contributed by atoms with Crippen molar-refractivity contribution in [2.24, 2.45) is 0 Å². The minimum atomic E-state index is -0.225. The molecule has 0 saturated heterocycles. The molecule has 0 radical (unpaired) electrons. The van der Waals surface area contributed by atoms with Crippen molar-refractivity contribution in [2.45, 2.75) is 0 Å². The van der Waals surface area contributed by atoms with Crippen LogP contribution in [0, 0.1) is 0 Å². The van der Waals surface area contributed by atoms with Crippen LogP contribution >= 0.6 is 46.4 Å². The SMILES string of the molecule is O=C(/C(=C/c1ccc(Cl)cc1Cl)n1cnc(Cl)c1)c1ccc(Cl)cc1. The van der Waals surface area contributed by atoms with Crippen molar-refractivity contribution in [1.29, 1.82) is 0 Å². The summed E-state index contributed by atoms with van der Waals surface area (Å²) in [6.45, 7) is 0. The van der Waals surface area contributed by atoms with Gasteiger partial charge in [-0.15, -0.1) is 0 Å². The number of hydrogen-bond donors (Lipinski definition) is 0. The van der Waals surface area contributed by atoms with Gasteiger partial charge in [0.05, 0.1) is 5.70 Å². The second kappa shape index (κ2) is 7.63. The Morgan fingerprint density at radius 1 is 0.960 bits per heavy atom. The summed E-state index contributed by atoms with van der Waals surface area (Å²) < 4.78 is 1.55. The Kier molecular flexibility index (Phi) is 5.50. The Morgan fingerprint density at radius 2 is 1.64 bits per heavy atom. The molecule has 0 aliphatic heterocycles. The van der Waals surface area contributed by atoms with Gasteiger partial charge < -0.3 is 4.57 Å². The number of carbonyl (C=O) groups is 1. The number of hydrogen-bond acceptors (Lipinski definition) is 2. The number of imidazole rings is 1. The topological polar surface area (TPSA) is 34.9 Å².